The van der Waals surface area contributed by atoms with Crippen LogP contribution in [0.1, 0.15) is 16.8 Å². The number of methoxy groups -OCH3 is 1. The van der Waals surface area contributed by atoms with E-state index in [-0.39, 0.29) is 29.7 Å². The van der Waals surface area contributed by atoms with E-state index in [1.165, 1.54) is 28.8 Å². The predicted molar refractivity (Wildman–Crippen MR) is 134 cm³/mol. The van der Waals surface area contributed by atoms with Crippen LogP contribution < -0.4 is 14.5 Å². The fraction of sp³-hybridized carbons (Fsp3) is 0.400. The van der Waals surface area contributed by atoms with Gasteiger partial charge in [-0.2, -0.15) is 0 Å². The molecule has 0 aliphatic carbocycles. The molecule has 0 bridgehead atoms. The van der Waals surface area contributed by atoms with Crippen LogP contribution in [0.2, 0.25) is 0 Å². The van der Waals surface area contributed by atoms with Crippen molar-refractivity contribution in [2.45, 2.75) is 11.3 Å². The number of carbonyl (C=O) groups is 3. The van der Waals surface area contributed by atoms with E-state index in [0.717, 1.165) is 31.0 Å². The number of carbonyl (C=O) groups excluding carboxylic acids is 2. The van der Waals surface area contributed by atoms with Crippen LogP contribution in [-0.4, -0.2) is 86.6 Å². The molecule has 0 aromatic heterocycles. The van der Waals surface area contributed by atoms with Gasteiger partial charge in [-0.05, 0) is 42.8 Å². The second kappa shape index (κ2) is 11.6. The first-order chi connectivity index (χ1) is 17.0. The average Bonchev–Trinajstić information content (AvgIpc) is 2.88. The molecule has 0 unspecified atom stereocenters. The lowest BCUT2D eigenvalue weighted by molar-refractivity contribution is -0.121. The molecule has 10 heteroatoms. The quantitative estimate of drug-likeness (QED) is 0.526. The molecular formula is C25H29N3O6S. The van der Waals surface area contributed by atoms with Crippen LogP contribution in [0.4, 0.5) is 11.4 Å². The summed E-state index contributed by atoms with van der Waals surface area (Å²) in [7, 11) is 1.58. The number of nitrogens with zero attached hydrogens (tertiary/aromatic N) is 3. The predicted octanol–water partition coefficient (Wildman–Crippen LogP) is 2.59. The third-order valence-corrected chi connectivity index (χ3v) is 7.04. The molecule has 2 amide bonds. The van der Waals surface area contributed by atoms with Crippen molar-refractivity contribution in [2.24, 2.45) is 0 Å². The molecular weight excluding hydrogens is 470 g/mol. The molecule has 0 spiro atoms. The van der Waals surface area contributed by atoms with Crippen LogP contribution in [0.5, 0.6) is 5.75 Å². The summed E-state index contributed by atoms with van der Waals surface area (Å²) in [5, 5.41) is 9.50. The topological polar surface area (TPSA) is 99.6 Å². The van der Waals surface area contributed by atoms with Gasteiger partial charge < -0.3 is 24.4 Å². The minimum atomic E-state index is -1.08. The smallest absolute Gasteiger partial charge is 0.335 e. The molecule has 0 atom stereocenters. The molecule has 1 saturated heterocycles. The summed E-state index contributed by atoms with van der Waals surface area (Å²) in [6, 6.07) is 12.0. The minimum Gasteiger partial charge on any atom is -0.497 e. The summed E-state index contributed by atoms with van der Waals surface area (Å²) in [6.07, 6.45) is 0.769. The van der Waals surface area contributed by atoms with E-state index >= 15 is 0 Å². The first kappa shape index (κ1) is 25.0. The van der Waals surface area contributed by atoms with Gasteiger partial charge in [-0.3, -0.25) is 14.5 Å². The molecule has 2 aromatic rings. The van der Waals surface area contributed by atoms with Gasteiger partial charge in [0.2, 0.25) is 11.8 Å². The maximum atomic E-state index is 13.2. The second-order valence-electron chi connectivity index (χ2n) is 8.31. The van der Waals surface area contributed by atoms with Crippen LogP contribution in [0.15, 0.2) is 47.4 Å². The third-order valence-electron chi connectivity index (χ3n) is 6.06. The summed E-state index contributed by atoms with van der Waals surface area (Å²) in [5.74, 6) is -0.722. The number of morpholine rings is 1. The van der Waals surface area contributed by atoms with Gasteiger partial charge in [-0.1, -0.05) is 6.07 Å². The second-order valence-corrected chi connectivity index (χ2v) is 9.36. The molecule has 2 heterocycles. The molecule has 9 nitrogen and oxygen atoms in total. The number of thioether (sulfide) groups is 1. The summed E-state index contributed by atoms with van der Waals surface area (Å²) in [4.78, 5) is 44.1. The van der Waals surface area contributed by atoms with E-state index in [1.54, 1.807) is 18.1 Å². The zero-order valence-corrected chi connectivity index (χ0v) is 20.5. The number of amides is 2. The first-order valence-corrected chi connectivity index (χ1v) is 12.5. The fourth-order valence-corrected chi connectivity index (χ4v) is 5.02. The number of rotatable bonds is 9. The van der Waals surface area contributed by atoms with Crippen molar-refractivity contribution < 1.29 is 29.0 Å². The first-order valence-electron chi connectivity index (χ1n) is 11.5. The van der Waals surface area contributed by atoms with Gasteiger partial charge in [-0.25, -0.2) is 4.79 Å². The minimum absolute atomic E-state index is 0.0737. The Kier molecular flexibility index (Phi) is 8.27. The highest BCUT2D eigenvalue weighted by Gasteiger charge is 2.33. The normalized spacial score (nSPS) is 16.2. The highest BCUT2D eigenvalue weighted by Crippen LogP contribution is 2.36. The summed E-state index contributed by atoms with van der Waals surface area (Å²) < 4.78 is 10.6. The maximum absolute atomic E-state index is 13.2. The van der Waals surface area contributed by atoms with Gasteiger partial charge in [0.15, 0.2) is 0 Å². The Labute approximate surface area is 208 Å². The SMILES string of the molecule is COc1cccc(SCC(=O)N2CC(=O)N(CCCN3CCOCC3)c3ccc(C(=O)O)cc32)c1. The van der Waals surface area contributed by atoms with Gasteiger partial charge in [0.25, 0.3) is 0 Å². The lowest BCUT2D eigenvalue weighted by Gasteiger charge is -2.37. The fourth-order valence-electron chi connectivity index (χ4n) is 4.20. The van der Waals surface area contributed by atoms with Crippen LogP contribution in [-0.2, 0) is 14.3 Å². The van der Waals surface area contributed by atoms with E-state index in [0.29, 0.717) is 36.9 Å². The summed E-state index contributed by atoms with van der Waals surface area (Å²) >= 11 is 1.34. The van der Waals surface area contributed by atoms with Gasteiger partial charge in [-0.15, -0.1) is 11.8 Å². The molecule has 2 aliphatic rings. The van der Waals surface area contributed by atoms with Crippen molar-refractivity contribution >= 4 is 40.9 Å². The Morgan fingerprint density at radius 1 is 1.09 bits per heavy atom. The molecule has 2 aliphatic heterocycles. The number of hydrogen-bond acceptors (Lipinski definition) is 7. The van der Waals surface area contributed by atoms with Gasteiger partial charge in [0.05, 0.1) is 43.0 Å². The van der Waals surface area contributed by atoms with Crippen LogP contribution in [0.25, 0.3) is 0 Å². The molecule has 1 fully saturated rings. The van der Waals surface area contributed by atoms with Crippen LogP contribution in [0.3, 0.4) is 0 Å². The Balaban J connectivity index is 1.49. The molecule has 0 radical (unpaired) electrons. The van der Waals surface area contributed by atoms with Crippen molar-refractivity contribution in [2.75, 3.05) is 68.6 Å². The molecule has 0 saturated carbocycles. The zero-order valence-electron chi connectivity index (χ0n) is 19.6. The van der Waals surface area contributed by atoms with Crippen molar-refractivity contribution in [1.29, 1.82) is 0 Å². The van der Waals surface area contributed by atoms with Crippen LogP contribution >= 0.6 is 11.8 Å². The number of carboxylic acids is 1. The Morgan fingerprint density at radius 3 is 2.63 bits per heavy atom. The standard InChI is InChI=1S/C25H29N3O6S/c1-33-19-4-2-5-20(15-19)35-17-24(30)28-16-23(29)27(9-3-8-26-10-12-34-13-11-26)21-7-6-18(25(31)32)14-22(21)28/h2,4-7,14-15H,3,8-13,16-17H2,1H3,(H,31,32). The van der Waals surface area contributed by atoms with E-state index in [4.69, 9.17) is 9.47 Å². The van der Waals surface area contributed by atoms with Crippen molar-refractivity contribution in [1.82, 2.24) is 4.90 Å². The number of hydrogen-bond donors (Lipinski definition) is 1. The van der Waals surface area contributed by atoms with Crippen molar-refractivity contribution in [3.63, 3.8) is 0 Å². The average molecular weight is 500 g/mol. The Morgan fingerprint density at radius 2 is 1.89 bits per heavy atom. The van der Waals surface area contributed by atoms with E-state index < -0.39 is 5.97 Å². The number of carboxylic acid groups (broad SMARTS) is 1. The number of anilines is 2. The summed E-state index contributed by atoms with van der Waals surface area (Å²) in [5.41, 5.74) is 1.09. The van der Waals surface area contributed by atoms with Crippen LogP contribution in [0, 0.1) is 0 Å². The maximum Gasteiger partial charge on any atom is 0.335 e. The van der Waals surface area contributed by atoms with E-state index in [9.17, 15) is 19.5 Å². The molecule has 186 valence electrons. The lowest BCUT2D eigenvalue weighted by atomic mass is 10.1. The highest BCUT2D eigenvalue weighted by molar-refractivity contribution is 8.00. The van der Waals surface area contributed by atoms with Gasteiger partial charge in [0.1, 0.15) is 12.3 Å². The monoisotopic (exact) mass is 499 g/mol. The number of aromatic carboxylic acids is 1. The number of fused-ring (bicyclic) bond motifs is 1. The van der Waals surface area contributed by atoms with Gasteiger partial charge >= 0.3 is 5.97 Å². The van der Waals surface area contributed by atoms with Gasteiger partial charge in [0, 0.05) is 31.1 Å². The van der Waals surface area contributed by atoms with Crippen molar-refractivity contribution in [3.05, 3.63) is 48.0 Å². The Hall–Kier alpha value is -3.08. The highest BCUT2D eigenvalue weighted by atomic mass is 32.2. The molecule has 1 N–H and O–H groups in total. The zero-order chi connectivity index (χ0) is 24.8. The number of benzene rings is 2. The molecule has 2 aromatic carbocycles. The largest absolute Gasteiger partial charge is 0.497 e. The Bertz CT molecular complexity index is 1090. The van der Waals surface area contributed by atoms with E-state index in [1.807, 2.05) is 24.3 Å². The third kappa shape index (κ3) is 6.14. The van der Waals surface area contributed by atoms with E-state index in [2.05, 4.69) is 4.90 Å². The summed E-state index contributed by atoms with van der Waals surface area (Å²) in [6.45, 7) is 4.40. The lowest BCUT2D eigenvalue weighted by Crippen LogP contribution is -2.49. The molecule has 35 heavy (non-hydrogen) atoms. The van der Waals surface area contributed by atoms with Crippen molar-refractivity contribution in [3.8, 4) is 5.75 Å². The number of ether oxygens (including phenoxy) is 2. The molecule has 4 rings (SSSR count).